The van der Waals surface area contributed by atoms with Crippen molar-refractivity contribution in [3.8, 4) is 0 Å². The van der Waals surface area contributed by atoms with Crippen LogP contribution in [0.4, 0.5) is 0 Å². The van der Waals surface area contributed by atoms with Crippen LogP contribution in [0, 0.1) is 0 Å². The molecule has 4 rings (SSSR count). The number of esters is 4. The van der Waals surface area contributed by atoms with Crippen molar-refractivity contribution >= 4 is 23.9 Å². The van der Waals surface area contributed by atoms with E-state index in [9.17, 15) is 24.3 Å². The molecular weight excluding hydrogens is 496 g/mol. The lowest BCUT2D eigenvalue weighted by Crippen LogP contribution is -2.63. The number of hydrogen-bond donors (Lipinski definition) is 1. The summed E-state index contributed by atoms with van der Waals surface area (Å²) in [5.74, 6) is -3.64. The molecule has 1 N–H and O–H groups in total. The second-order valence-corrected chi connectivity index (χ2v) is 8.18. The molecule has 3 aromatic rings. The van der Waals surface area contributed by atoms with E-state index in [0.717, 1.165) is 7.11 Å². The smallest absolute Gasteiger partial charge is 0.339 e. The van der Waals surface area contributed by atoms with E-state index < -0.39 is 54.6 Å². The summed E-state index contributed by atoms with van der Waals surface area (Å²) in [5.41, 5.74) is 0.401. The number of carbonyl (C=O) groups is 4. The summed E-state index contributed by atoms with van der Waals surface area (Å²) in [4.78, 5) is 51.4. The van der Waals surface area contributed by atoms with E-state index in [1.807, 2.05) is 0 Å². The van der Waals surface area contributed by atoms with Crippen molar-refractivity contribution in [2.24, 2.45) is 0 Å². The summed E-state index contributed by atoms with van der Waals surface area (Å²) in [6, 6.07) is 23.6. The predicted octanol–water partition coefficient (Wildman–Crippen LogP) is 2.55. The van der Waals surface area contributed by atoms with E-state index in [0.29, 0.717) is 0 Å². The highest BCUT2D eigenvalue weighted by atomic mass is 16.7. The molecule has 0 radical (unpaired) electrons. The fourth-order valence-corrected chi connectivity index (χ4v) is 3.82. The van der Waals surface area contributed by atoms with Crippen LogP contribution in [0.2, 0.25) is 0 Å². The van der Waals surface area contributed by atoms with Gasteiger partial charge in [-0.1, -0.05) is 54.6 Å². The van der Waals surface area contributed by atoms with Crippen LogP contribution in [0.1, 0.15) is 31.1 Å². The van der Waals surface area contributed by atoms with Gasteiger partial charge in [-0.15, -0.1) is 0 Å². The third kappa shape index (κ3) is 6.05. The van der Waals surface area contributed by atoms with Gasteiger partial charge in [0, 0.05) is 0 Å². The Hall–Kier alpha value is -4.54. The van der Waals surface area contributed by atoms with Crippen LogP contribution in [0.25, 0.3) is 0 Å². The molecule has 1 saturated heterocycles. The molecule has 0 spiro atoms. The molecule has 1 fully saturated rings. The molecule has 10 nitrogen and oxygen atoms in total. The Balaban J connectivity index is 1.71. The minimum Gasteiger partial charge on any atom is -0.467 e. The van der Waals surface area contributed by atoms with Crippen LogP contribution in [-0.2, 0) is 28.5 Å². The largest absolute Gasteiger partial charge is 0.467 e. The van der Waals surface area contributed by atoms with E-state index in [4.69, 9.17) is 23.7 Å². The van der Waals surface area contributed by atoms with Crippen molar-refractivity contribution in [3.63, 3.8) is 0 Å². The Bertz CT molecular complexity index is 1260. The summed E-state index contributed by atoms with van der Waals surface area (Å²) >= 11 is 0. The molecule has 5 atom stereocenters. The number of ether oxygens (including phenoxy) is 5. The summed E-state index contributed by atoms with van der Waals surface area (Å²) in [6.45, 7) is 0. The van der Waals surface area contributed by atoms with E-state index in [1.165, 1.54) is 36.4 Å². The molecule has 10 heteroatoms. The number of hydrogen-bond acceptors (Lipinski definition) is 10. The van der Waals surface area contributed by atoms with Gasteiger partial charge in [0.1, 0.15) is 0 Å². The van der Waals surface area contributed by atoms with E-state index in [1.54, 1.807) is 54.6 Å². The number of rotatable bonds is 7. The first-order chi connectivity index (χ1) is 18.4. The van der Waals surface area contributed by atoms with Gasteiger partial charge in [0.05, 0.1) is 23.8 Å². The molecule has 0 bridgehead atoms. The molecule has 1 aliphatic heterocycles. The quantitative estimate of drug-likeness (QED) is 0.366. The number of methoxy groups -OCH3 is 1. The van der Waals surface area contributed by atoms with E-state index in [2.05, 4.69) is 0 Å². The Kier molecular flexibility index (Phi) is 8.47. The first-order valence-electron chi connectivity index (χ1n) is 11.6. The normalized spacial score (nSPS) is 22.5. The standard InChI is InChI=1S/C28H24O10/c1-34-27(32)22-20(35-24(29)17-11-5-2-6-12-17)21(36-25(30)18-13-7-3-8-14-18)23(28(33)38-22)37-26(31)19-15-9-4-10-16-19/h2-16,20-23,28,33H,1H3/t20-,21-,22-,23+,28?/m0/s1. The molecule has 38 heavy (non-hydrogen) atoms. The van der Waals surface area contributed by atoms with Crippen molar-refractivity contribution in [1.29, 1.82) is 0 Å². The summed E-state index contributed by atoms with van der Waals surface area (Å²) < 4.78 is 26.9. The van der Waals surface area contributed by atoms with Gasteiger partial charge in [0.15, 0.2) is 30.7 Å². The highest BCUT2D eigenvalue weighted by molar-refractivity contribution is 5.91. The Morgan fingerprint density at radius 1 is 0.605 bits per heavy atom. The Morgan fingerprint density at radius 3 is 1.37 bits per heavy atom. The second-order valence-electron chi connectivity index (χ2n) is 8.18. The van der Waals surface area contributed by atoms with Gasteiger partial charge in [-0.3, -0.25) is 0 Å². The average Bonchev–Trinajstić information content (AvgIpc) is 2.96. The topological polar surface area (TPSA) is 135 Å². The van der Waals surface area contributed by atoms with Crippen LogP contribution >= 0.6 is 0 Å². The number of aliphatic hydroxyl groups excluding tert-OH is 1. The van der Waals surface area contributed by atoms with Gasteiger partial charge in [0.25, 0.3) is 0 Å². The maximum atomic E-state index is 13.0. The highest BCUT2D eigenvalue weighted by Gasteiger charge is 2.55. The van der Waals surface area contributed by atoms with Crippen LogP contribution < -0.4 is 0 Å². The first-order valence-corrected chi connectivity index (χ1v) is 11.6. The SMILES string of the molecule is COC(=O)[C@H]1OC(O)[C@H](OC(=O)c2ccccc2)[C@@H](OC(=O)c2ccccc2)[C@@H]1OC(=O)c1ccccc1. The Morgan fingerprint density at radius 2 is 0.974 bits per heavy atom. The minimum atomic E-state index is -1.94. The van der Waals surface area contributed by atoms with Crippen LogP contribution in [0.5, 0.6) is 0 Å². The van der Waals surface area contributed by atoms with Crippen molar-refractivity contribution in [1.82, 2.24) is 0 Å². The summed E-state index contributed by atoms with van der Waals surface area (Å²) in [5, 5.41) is 10.8. The molecule has 196 valence electrons. The molecule has 0 amide bonds. The average molecular weight is 520 g/mol. The van der Waals surface area contributed by atoms with Crippen LogP contribution in [0.15, 0.2) is 91.0 Å². The molecule has 0 aromatic heterocycles. The van der Waals surface area contributed by atoms with Gasteiger partial charge < -0.3 is 28.8 Å². The minimum absolute atomic E-state index is 0.129. The van der Waals surface area contributed by atoms with Gasteiger partial charge in [-0.2, -0.15) is 0 Å². The van der Waals surface area contributed by atoms with Gasteiger partial charge in [-0.25, -0.2) is 19.2 Å². The highest BCUT2D eigenvalue weighted by Crippen LogP contribution is 2.30. The molecule has 3 aromatic carbocycles. The lowest BCUT2D eigenvalue weighted by molar-refractivity contribution is -0.278. The fourth-order valence-electron chi connectivity index (χ4n) is 3.82. The zero-order valence-corrected chi connectivity index (χ0v) is 20.2. The lowest BCUT2D eigenvalue weighted by Gasteiger charge is -2.42. The number of benzene rings is 3. The number of carbonyl (C=O) groups excluding carboxylic acids is 4. The van der Waals surface area contributed by atoms with Crippen molar-refractivity contribution in [3.05, 3.63) is 108 Å². The zero-order chi connectivity index (χ0) is 27.1. The molecule has 1 heterocycles. The van der Waals surface area contributed by atoms with Gasteiger partial charge >= 0.3 is 23.9 Å². The Labute approximate surface area is 217 Å². The van der Waals surface area contributed by atoms with Crippen molar-refractivity contribution in [2.45, 2.75) is 30.7 Å². The van der Waals surface area contributed by atoms with E-state index in [-0.39, 0.29) is 16.7 Å². The lowest BCUT2D eigenvalue weighted by atomic mass is 9.97. The van der Waals surface area contributed by atoms with Crippen molar-refractivity contribution < 1.29 is 48.0 Å². The third-order valence-corrected chi connectivity index (χ3v) is 5.70. The fraction of sp³-hybridized carbons (Fsp3) is 0.214. The van der Waals surface area contributed by atoms with Crippen molar-refractivity contribution in [2.75, 3.05) is 7.11 Å². The molecule has 0 aliphatic carbocycles. The third-order valence-electron chi connectivity index (χ3n) is 5.70. The molecule has 1 aliphatic rings. The monoisotopic (exact) mass is 520 g/mol. The maximum absolute atomic E-state index is 13.0. The van der Waals surface area contributed by atoms with Gasteiger partial charge in [-0.05, 0) is 36.4 Å². The zero-order valence-electron chi connectivity index (χ0n) is 20.2. The van der Waals surface area contributed by atoms with Crippen LogP contribution in [0.3, 0.4) is 0 Å². The first kappa shape index (κ1) is 26.5. The molecular formula is C28H24O10. The van der Waals surface area contributed by atoms with E-state index >= 15 is 0 Å². The van der Waals surface area contributed by atoms with Crippen LogP contribution in [-0.4, -0.2) is 66.8 Å². The molecule has 1 unspecified atom stereocenters. The number of aliphatic hydroxyl groups is 1. The summed E-state index contributed by atoms with van der Waals surface area (Å²) in [7, 11) is 1.07. The van der Waals surface area contributed by atoms with Gasteiger partial charge in [0.2, 0.25) is 0 Å². The molecule has 0 saturated carbocycles. The second kappa shape index (κ2) is 12.1. The maximum Gasteiger partial charge on any atom is 0.339 e. The summed E-state index contributed by atoms with van der Waals surface area (Å²) in [6.07, 6.45) is -8.63. The predicted molar refractivity (Wildman–Crippen MR) is 130 cm³/mol.